The van der Waals surface area contributed by atoms with E-state index in [9.17, 15) is 4.57 Å². The second-order valence-corrected chi connectivity index (χ2v) is 6.37. The fourth-order valence-electron chi connectivity index (χ4n) is 1.79. The topological polar surface area (TPSA) is 78.3 Å². The smallest absolute Gasteiger partial charge is 0.337 e. The number of halogens is 1. The van der Waals surface area contributed by atoms with Crippen LogP contribution in [0.2, 0.25) is 0 Å². The van der Waals surface area contributed by atoms with Crippen molar-refractivity contribution in [3.8, 4) is 11.5 Å². The summed E-state index contributed by atoms with van der Waals surface area (Å²) in [7, 11) is -3.04. The molecule has 0 radical (unpaired) electrons. The summed E-state index contributed by atoms with van der Waals surface area (Å²) in [5, 5.41) is 4.24. The van der Waals surface area contributed by atoms with Gasteiger partial charge in [-0.15, -0.1) is 0 Å². The molecule has 0 aliphatic carbocycles. The minimum Gasteiger partial charge on any atom is -1.00 e. The molecule has 0 bridgehead atoms. The monoisotopic (exact) mass is 391 g/mol. The Morgan fingerprint density at radius 1 is 1.32 bits per heavy atom. The summed E-state index contributed by atoms with van der Waals surface area (Å²) < 4.78 is 29.7. The third kappa shape index (κ3) is 5.28. The lowest BCUT2D eigenvalue weighted by molar-refractivity contribution is -0.750. The minimum absolute atomic E-state index is 0. The molecule has 0 atom stereocenters. The molecule has 0 amide bonds. The quantitative estimate of drug-likeness (QED) is 0.437. The summed E-state index contributed by atoms with van der Waals surface area (Å²) in [5.41, 5.74) is 0.786. The fourth-order valence-corrected chi connectivity index (χ4v) is 3.36. The first kappa shape index (κ1) is 19.0. The van der Waals surface area contributed by atoms with E-state index in [4.69, 9.17) is 13.5 Å². The average molecular weight is 392 g/mol. The summed E-state index contributed by atoms with van der Waals surface area (Å²) in [6, 6.07) is 1.84. The van der Waals surface area contributed by atoms with Gasteiger partial charge in [-0.05, 0) is 18.9 Å². The van der Waals surface area contributed by atoms with Crippen molar-refractivity contribution in [2.24, 2.45) is 0 Å². The van der Waals surface area contributed by atoms with E-state index >= 15 is 0 Å². The van der Waals surface area contributed by atoms with E-state index in [2.05, 4.69) is 10.1 Å². The lowest BCUT2D eigenvalue weighted by Gasteiger charge is -2.14. The molecule has 0 unspecified atom stereocenters. The Morgan fingerprint density at radius 3 is 2.55 bits per heavy atom. The molecule has 0 aliphatic heterocycles. The zero-order valence-corrected chi connectivity index (χ0v) is 15.0. The fraction of sp³-hybridized carbons (Fsp3) is 0.462. The first-order valence-electron chi connectivity index (χ1n) is 6.80. The van der Waals surface area contributed by atoms with Gasteiger partial charge >= 0.3 is 7.60 Å². The minimum atomic E-state index is -3.04. The average Bonchev–Trinajstić information content (AvgIpc) is 3.01. The van der Waals surface area contributed by atoms with Crippen LogP contribution in [0.1, 0.15) is 13.8 Å². The number of hydrogen-bond acceptors (Lipinski definition) is 6. The zero-order chi connectivity index (χ0) is 15.1. The molecule has 7 nitrogen and oxygen atoms in total. The molecular weight excluding hydrogens is 373 g/mol. The molecule has 2 aromatic rings. The van der Waals surface area contributed by atoms with Crippen LogP contribution in [0.4, 0.5) is 0 Å². The van der Waals surface area contributed by atoms with Gasteiger partial charge in [-0.2, -0.15) is 0 Å². The highest BCUT2D eigenvalue weighted by Crippen LogP contribution is 2.47. The van der Waals surface area contributed by atoms with Crippen LogP contribution in [-0.4, -0.2) is 29.5 Å². The maximum absolute atomic E-state index is 12.3. The van der Waals surface area contributed by atoms with Crippen molar-refractivity contribution in [1.29, 1.82) is 0 Å². The Labute approximate surface area is 140 Å². The molecule has 22 heavy (non-hydrogen) atoms. The zero-order valence-electron chi connectivity index (χ0n) is 12.5. The number of rotatable bonds is 8. The highest BCUT2D eigenvalue weighted by atomic mass is 79.9. The van der Waals surface area contributed by atoms with Crippen molar-refractivity contribution < 1.29 is 39.7 Å². The van der Waals surface area contributed by atoms with Crippen LogP contribution < -0.4 is 21.7 Å². The van der Waals surface area contributed by atoms with Gasteiger partial charge in [0.05, 0.1) is 25.0 Å². The van der Waals surface area contributed by atoms with Crippen molar-refractivity contribution >= 4 is 7.60 Å². The van der Waals surface area contributed by atoms with Gasteiger partial charge in [0.1, 0.15) is 18.6 Å². The van der Waals surface area contributed by atoms with E-state index in [0.717, 1.165) is 5.56 Å². The normalized spacial score (nSPS) is 11.2. The molecule has 9 heteroatoms. The maximum atomic E-state index is 12.3. The van der Waals surface area contributed by atoms with E-state index in [1.165, 1.54) is 6.26 Å². The van der Waals surface area contributed by atoms with Gasteiger partial charge in [0, 0.05) is 6.07 Å². The lowest BCUT2D eigenvalue weighted by atomic mass is 10.3. The number of aromatic nitrogens is 3. The van der Waals surface area contributed by atoms with Crippen LogP contribution in [-0.2, 0) is 20.2 Å². The van der Waals surface area contributed by atoms with Gasteiger partial charge in [0.2, 0.25) is 5.89 Å². The van der Waals surface area contributed by atoms with E-state index in [1.807, 2.05) is 6.07 Å². The van der Waals surface area contributed by atoms with Gasteiger partial charge < -0.3 is 30.4 Å². The largest absolute Gasteiger partial charge is 1.00 e. The molecule has 2 rings (SSSR count). The molecule has 0 N–H and O–H groups in total. The summed E-state index contributed by atoms with van der Waals surface area (Å²) in [4.78, 5) is 4.05. The molecule has 0 saturated carbocycles. The Morgan fingerprint density at radius 2 is 2.05 bits per heavy atom. The first-order valence-corrected chi connectivity index (χ1v) is 8.53. The van der Waals surface area contributed by atoms with Crippen molar-refractivity contribution in [2.75, 3.05) is 19.4 Å². The highest BCUT2D eigenvalue weighted by Gasteiger charge is 2.25. The summed E-state index contributed by atoms with van der Waals surface area (Å²) in [5.74, 6) is 0.518. The molecule has 2 heterocycles. The number of hydrogen-bond donors (Lipinski definition) is 0. The Hall–Kier alpha value is -1.08. The second kappa shape index (κ2) is 9.15. The van der Waals surface area contributed by atoms with Crippen LogP contribution >= 0.6 is 7.60 Å². The SMILES string of the molecule is CCOP(=O)(CC[n+]1ccc(-c2ncco2)cn1)OCC.[Br-]. The standard InChI is InChI=1S/C13H19N3O4P.BrH/c1-3-19-21(17,20-4-2)10-8-16-7-5-12(11-15-16)13-14-6-9-18-13;/h5-7,9,11H,3-4,8,10H2,1-2H3;1H/q+1;/p-1. The van der Waals surface area contributed by atoms with Gasteiger partial charge in [-0.3, -0.25) is 4.57 Å². The van der Waals surface area contributed by atoms with Gasteiger partial charge in [0.15, 0.2) is 12.7 Å². The van der Waals surface area contributed by atoms with E-state index in [-0.39, 0.29) is 23.1 Å². The van der Waals surface area contributed by atoms with Gasteiger partial charge in [0.25, 0.3) is 0 Å². The van der Waals surface area contributed by atoms with Crippen LogP contribution in [0.15, 0.2) is 35.3 Å². The number of oxazole rings is 1. The first-order chi connectivity index (χ1) is 10.2. The van der Waals surface area contributed by atoms with Crippen molar-refractivity contribution in [3.05, 3.63) is 30.9 Å². The van der Waals surface area contributed by atoms with Crippen molar-refractivity contribution in [1.82, 2.24) is 10.1 Å². The molecule has 0 spiro atoms. The Kier molecular flexibility index (Phi) is 7.89. The molecule has 2 aromatic heterocycles. The van der Waals surface area contributed by atoms with Crippen LogP contribution in [0.25, 0.3) is 11.5 Å². The summed E-state index contributed by atoms with van der Waals surface area (Å²) in [6.45, 7) is 4.75. The molecule has 0 fully saturated rings. The Balaban J connectivity index is 0.00000242. The lowest BCUT2D eigenvalue weighted by Crippen LogP contribution is -3.00. The second-order valence-electron chi connectivity index (χ2n) is 4.19. The van der Waals surface area contributed by atoms with Crippen LogP contribution in [0.5, 0.6) is 0 Å². The number of aryl methyl sites for hydroxylation is 1. The Bertz CT molecular complexity index is 582. The predicted molar refractivity (Wildman–Crippen MR) is 75.7 cm³/mol. The van der Waals surface area contributed by atoms with Crippen molar-refractivity contribution in [2.45, 2.75) is 20.4 Å². The third-order valence-electron chi connectivity index (χ3n) is 2.71. The molecule has 0 aromatic carbocycles. The number of nitrogens with zero attached hydrogens (tertiary/aromatic N) is 3. The highest BCUT2D eigenvalue weighted by molar-refractivity contribution is 7.53. The molecular formula is C13H19BrN3O4P. The molecule has 0 aliphatic rings. The third-order valence-corrected chi connectivity index (χ3v) is 4.76. The summed E-state index contributed by atoms with van der Waals surface area (Å²) >= 11 is 0. The van der Waals surface area contributed by atoms with Crippen molar-refractivity contribution in [3.63, 3.8) is 0 Å². The van der Waals surface area contributed by atoms with Crippen LogP contribution in [0.3, 0.4) is 0 Å². The van der Waals surface area contributed by atoms with Crippen LogP contribution in [0, 0.1) is 0 Å². The predicted octanol–water partition coefficient (Wildman–Crippen LogP) is -0.706. The maximum Gasteiger partial charge on any atom is 0.337 e. The van der Waals surface area contributed by atoms with E-state index in [1.54, 1.807) is 37.1 Å². The molecule has 0 saturated heterocycles. The van der Waals surface area contributed by atoms with Gasteiger partial charge in [-0.1, -0.05) is 4.68 Å². The van der Waals surface area contributed by atoms with E-state index < -0.39 is 7.60 Å². The molecule has 122 valence electrons. The van der Waals surface area contributed by atoms with Gasteiger partial charge in [-0.25, -0.2) is 4.98 Å². The summed E-state index contributed by atoms with van der Waals surface area (Å²) in [6.07, 6.45) is 6.80. The van der Waals surface area contributed by atoms with E-state index in [0.29, 0.717) is 25.6 Å².